The number of nitrogens with zero attached hydrogens (tertiary/aromatic N) is 2. The van der Waals surface area contributed by atoms with Crippen molar-refractivity contribution in [1.82, 2.24) is 9.80 Å². The van der Waals surface area contributed by atoms with Crippen LogP contribution in [0.1, 0.15) is 6.42 Å². The number of methoxy groups -OCH3 is 1. The number of likely N-dealkylation sites (N-methyl/N-ethyl adjacent to an activating group) is 2. The minimum atomic E-state index is 0.613. The van der Waals surface area contributed by atoms with Gasteiger partial charge in [0.1, 0.15) is 0 Å². The molecule has 0 aromatic rings. The van der Waals surface area contributed by atoms with Crippen LogP contribution in [0.2, 0.25) is 0 Å². The van der Waals surface area contributed by atoms with E-state index in [9.17, 15) is 0 Å². The Kier molecular flexibility index (Phi) is 3.50. The van der Waals surface area contributed by atoms with Crippen molar-refractivity contribution in [3.63, 3.8) is 0 Å². The summed E-state index contributed by atoms with van der Waals surface area (Å²) in [5.41, 5.74) is 0. The van der Waals surface area contributed by atoms with Gasteiger partial charge in [0.2, 0.25) is 0 Å². The topological polar surface area (TPSA) is 15.7 Å². The highest BCUT2D eigenvalue weighted by Crippen LogP contribution is 2.18. The lowest BCUT2D eigenvalue weighted by Gasteiger charge is -2.18. The van der Waals surface area contributed by atoms with Crippen LogP contribution in [0.25, 0.3) is 0 Å². The molecule has 0 N–H and O–H groups in total. The lowest BCUT2D eigenvalue weighted by Crippen LogP contribution is -2.31. The summed E-state index contributed by atoms with van der Waals surface area (Å²) >= 11 is 0. The summed E-state index contributed by atoms with van der Waals surface area (Å²) in [7, 11) is 8.24. The second-order valence-corrected chi connectivity index (χ2v) is 3.90. The Morgan fingerprint density at radius 2 is 2.17 bits per heavy atom. The SMILES string of the molecule is COC[C@@H]1C[C@@H](N(C)C)CN1C. The first-order chi connectivity index (χ1) is 5.65. The third kappa shape index (κ3) is 2.19. The molecule has 12 heavy (non-hydrogen) atoms. The van der Waals surface area contributed by atoms with Gasteiger partial charge in [0.25, 0.3) is 0 Å². The van der Waals surface area contributed by atoms with Crippen LogP contribution in [0.3, 0.4) is 0 Å². The van der Waals surface area contributed by atoms with Crippen molar-refractivity contribution in [3.05, 3.63) is 0 Å². The first-order valence-corrected chi connectivity index (χ1v) is 4.50. The van der Waals surface area contributed by atoms with E-state index in [2.05, 4.69) is 30.9 Å². The van der Waals surface area contributed by atoms with Crippen LogP contribution in [-0.2, 0) is 4.74 Å². The summed E-state index contributed by atoms with van der Waals surface area (Å²) in [6.07, 6.45) is 1.23. The summed E-state index contributed by atoms with van der Waals surface area (Å²) in [6.45, 7) is 2.03. The van der Waals surface area contributed by atoms with E-state index < -0.39 is 0 Å². The van der Waals surface area contributed by atoms with Crippen molar-refractivity contribution in [3.8, 4) is 0 Å². The number of rotatable bonds is 3. The first kappa shape index (κ1) is 9.96. The highest BCUT2D eigenvalue weighted by atomic mass is 16.5. The quantitative estimate of drug-likeness (QED) is 0.607. The molecule has 0 spiro atoms. The molecule has 3 heteroatoms. The molecule has 0 aromatic heterocycles. The molecular formula is C9H20N2O. The van der Waals surface area contributed by atoms with Gasteiger partial charge < -0.3 is 9.64 Å². The van der Waals surface area contributed by atoms with Gasteiger partial charge in [-0.1, -0.05) is 0 Å². The van der Waals surface area contributed by atoms with E-state index in [1.165, 1.54) is 13.0 Å². The normalized spacial score (nSPS) is 31.8. The van der Waals surface area contributed by atoms with Gasteiger partial charge in [-0.15, -0.1) is 0 Å². The van der Waals surface area contributed by atoms with Gasteiger partial charge in [-0.2, -0.15) is 0 Å². The van der Waals surface area contributed by atoms with Crippen molar-refractivity contribution in [1.29, 1.82) is 0 Å². The maximum absolute atomic E-state index is 5.16. The molecule has 0 unspecified atom stereocenters. The average Bonchev–Trinajstić information content (AvgIpc) is 2.34. The van der Waals surface area contributed by atoms with Crippen molar-refractivity contribution >= 4 is 0 Å². The Balaban J connectivity index is 2.39. The molecule has 0 radical (unpaired) electrons. The molecular weight excluding hydrogens is 152 g/mol. The van der Waals surface area contributed by atoms with E-state index in [1.54, 1.807) is 7.11 Å². The maximum Gasteiger partial charge on any atom is 0.0618 e. The second kappa shape index (κ2) is 4.21. The predicted octanol–water partition coefficient (Wildman–Crippen LogP) is 0.267. The van der Waals surface area contributed by atoms with Gasteiger partial charge in [0.05, 0.1) is 6.61 Å². The number of hydrogen-bond acceptors (Lipinski definition) is 3. The molecule has 0 aromatic carbocycles. The lowest BCUT2D eigenvalue weighted by molar-refractivity contribution is 0.129. The molecule has 2 atom stereocenters. The van der Waals surface area contributed by atoms with Crippen LogP contribution in [0, 0.1) is 0 Å². The summed E-state index contributed by atoms with van der Waals surface area (Å²) in [4.78, 5) is 4.68. The van der Waals surface area contributed by atoms with Gasteiger partial charge >= 0.3 is 0 Å². The Hall–Kier alpha value is -0.120. The minimum absolute atomic E-state index is 0.613. The monoisotopic (exact) mass is 172 g/mol. The molecule has 1 rings (SSSR count). The smallest absolute Gasteiger partial charge is 0.0618 e. The molecule has 0 saturated carbocycles. The van der Waals surface area contributed by atoms with Crippen LogP contribution < -0.4 is 0 Å². The van der Waals surface area contributed by atoms with Gasteiger partial charge in [-0.3, -0.25) is 4.90 Å². The number of likely N-dealkylation sites (tertiary alicyclic amines) is 1. The highest BCUT2D eigenvalue weighted by Gasteiger charge is 2.30. The van der Waals surface area contributed by atoms with Crippen LogP contribution in [0.4, 0.5) is 0 Å². The van der Waals surface area contributed by atoms with Crippen molar-refractivity contribution in [2.45, 2.75) is 18.5 Å². The zero-order valence-corrected chi connectivity index (χ0v) is 8.58. The van der Waals surface area contributed by atoms with E-state index in [-0.39, 0.29) is 0 Å². The summed E-state index contributed by atoms with van der Waals surface area (Å²) in [5, 5.41) is 0. The molecule has 3 nitrogen and oxygen atoms in total. The van der Waals surface area contributed by atoms with Crippen molar-refractivity contribution < 1.29 is 4.74 Å². The predicted molar refractivity (Wildman–Crippen MR) is 50.4 cm³/mol. The lowest BCUT2D eigenvalue weighted by atomic mass is 10.2. The van der Waals surface area contributed by atoms with Gasteiger partial charge in [0.15, 0.2) is 0 Å². The molecule has 0 amide bonds. The third-order valence-electron chi connectivity index (χ3n) is 2.76. The van der Waals surface area contributed by atoms with Crippen LogP contribution in [-0.4, -0.2) is 63.3 Å². The first-order valence-electron chi connectivity index (χ1n) is 4.50. The minimum Gasteiger partial charge on any atom is -0.383 e. The third-order valence-corrected chi connectivity index (χ3v) is 2.76. The summed E-state index contributed by atoms with van der Waals surface area (Å²) < 4.78 is 5.16. The summed E-state index contributed by atoms with van der Waals surface area (Å²) in [5.74, 6) is 0. The van der Waals surface area contributed by atoms with Gasteiger partial charge in [-0.25, -0.2) is 0 Å². The number of ether oxygens (including phenoxy) is 1. The largest absolute Gasteiger partial charge is 0.383 e. The molecule has 72 valence electrons. The molecule has 0 bridgehead atoms. The molecule has 1 fully saturated rings. The Morgan fingerprint density at radius 3 is 2.58 bits per heavy atom. The average molecular weight is 172 g/mol. The van der Waals surface area contributed by atoms with Crippen LogP contribution in [0.15, 0.2) is 0 Å². The number of hydrogen-bond donors (Lipinski definition) is 0. The van der Waals surface area contributed by atoms with Gasteiger partial charge in [-0.05, 0) is 27.6 Å². The fourth-order valence-corrected chi connectivity index (χ4v) is 1.81. The molecule has 1 aliphatic rings. The van der Waals surface area contributed by atoms with E-state index in [4.69, 9.17) is 4.74 Å². The molecule has 0 aliphatic carbocycles. The Labute approximate surface area is 75.3 Å². The standard InChI is InChI=1S/C9H20N2O/c1-10(2)8-5-9(7-12-4)11(3)6-8/h8-9H,5-7H2,1-4H3/t8-,9+/m1/s1. The van der Waals surface area contributed by atoms with Gasteiger partial charge in [0, 0.05) is 25.7 Å². The van der Waals surface area contributed by atoms with E-state index >= 15 is 0 Å². The zero-order chi connectivity index (χ0) is 9.14. The highest BCUT2D eigenvalue weighted by molar-refractivity contribution is 4.87. The second-order valence-electron chi connectivity index (χ2n) is 3.90. The van der Waals surface area contributed by atoms with E-state index in [0.717, 1.165) is 6.61 Å². The molecule has 1 saturated heterocycles. The van der Waals surface area contributed by atoms with E-state index in [1.807, 2.05) is 0 Å². The zero-order valence-electron chi connectivity index (χ0n) is 8.58. The summed E-state index contributed by atoms with van der Waals surface area (Å²) in [6, 6.07) is 1.32. The molecule has 1 aliphatic heterocycles. The van der Waals surface area contributed by atoms with Crippen molar-refractivity contribution in [2.24, 2.45) is 0 Å². The Morgan fingerprint density at radius 1 is 1.50 bits per heavy atom. The van der Waals surface area contributed by atoms with Crippen LogP contribution in [0.5, 0.6) is 0 Å². The molecule has 1 heterocycles. The fraction of sp³-hybridized carbons (Fsp3) is 1.00. The van der Waals surface area contributed by atoms with Crippen LogP contribution >= 0.6 is 0 Å². The van der Waals surface area contributed by atoms with E-state index in [0.29, 0.717) is 12.1 Å². The Bertz CT molecular complexity index is 138. The fourth-order valence-electron chi connectivity index (χ4n) is 1.81. The maximum atomic E-state index is 5.16. The van der Waals surface area contributed by atoms with Crippen molar-refractivity contribution in [2.75, 3.05) is 41.4 Å².